The molecule has 2 unspecified atom stereocenters. The van der Waals surface area contributed by atoms with E-state index in [0.29, 0.717) is 17.9 Å². The van der Waals surface area contributed by atoms with Crippen LogP contribution in [0, 0.1) is 0 Å². The van der Waals surface area contributed by atoms with E-state index in [1.165, 1.54) is 0 Å². The van der Waals surface area contributed by atoms with Gasteiger partial charge in [0.15, 0.2) is 5.78 Å². The number of carbonyl (C=O) groups excluding carboxylic acids is 1. The van der Waals surface area contributed by atoms with Gasteiger partial charge in [0.25, 0.3) is 0 Å². The monoisotopic (exact) mass is 626 g/mol. The Morgan fingerprint density at radius 3 is 1.44 bits per heavy atom. The number of nitrogens with zero attached hydrogens (tertiary/aromatic N) is 8. The zero-order valence-electron chi connectivity index (χ0n) is 21.9. The number of likely N-dealkylation sites (N-methyl/N-ethyl adjacent to an activating group) is 2. The van der Waals surface area contributed by atoms with Crippen molar-refractivity contribution in [1.29, 1.82) is 0 Å². The number of halogens is 2. The van der Waals surface area contributed by atoms with Gasteiger partial charge in [-0.15, -0.1) is 0 Å². The molecule has 2 aliphatic rings. The van der Waals surface area contributed by atoms with Crippen molar-refractivity contribution in [1.82, 2.24) is 39.2 Å². The number of likely N-dealkylation sites (tertiary alicyclic amines) is 2. The van der Waals surface area contributed by atoms with E-state index >= 15 is 0 Å². The smallest absolute Gasteiger partial charge is 0.169 e. The predicted octanol–water partition coefficient (Wildman–Crippen LogP) is 3.01. The molecule has 2 aliphatic heterocycles. The molecule has 0 aliphatic carbocycles. The maximum Gasteiger partial charge on any atom is 0.169 e. The molecule has 0 aromatic carbocycles. The standard InChI is InChI=1S/C25H40Br2N8O/c1-30(2)17-23(32-9-5-21(6-10-32)34-15-19(26)13-28-34)25(36)24(18-31(3)4)33-11-7-22(8-12-33)35-16-20(27)14-29-35/h13-16,21-24H,5-12,17-18H2,1-4H3. The number of hydrogen-bond acceptors (Lipinski definition) is 7. The van der Waals surface area contributed by atoms with Crippen LogP contribution in [-0.4, -0.2) is 124 Å². The zero-order chi connectivity index (χ0) is 25.8. The molecule has 4 heterocycles. The van der Waals surface area contributed by atoms with Crippen molar-refractivity contribution in [2.24, 2.45) is 0 Å². The summed E-state index contributed by atoms with van der Waals surface area (Å²) in [5.74, 6) is 0.359. The molecule has 0 N–H and O–H groups in total. The summed E-state index contributed by atoms with van der Waals surface area (Å²) in [7, 11) is 8.29. The van der Waals surface area contributed by atoms with Gasteiger partial charge in [-0.1, -0.05) is 0 Å². The second-order valence-electron chi connectivity index (χ2n) is 10.8. The zero-order valence-corrected chi connectivity index (χ0v) is 25.1. The molecule has 2 aromatic rings. The fourth-order valence-corrected chi connectivity index (χ4v) is 6.24. The van der Waals surface area contributed by atoms with Crippen molar-refractivity contribution in [2.75, 3.05) is 67.5 Å². The van der Waals surface area contributed by atoms with E-state index in [1.807, 2.05) is 12.4 Å². The van der Waals surface area contributed by atoms with E-state index in [4.69, 9.17) is 0 Å². The molecular formula is C25H40Br2N8O. The quantitative estimate of drug-likeness (QED) is 0.401. The topological polar surface area (TPSA) is 65.7 Å². The van der Waals surface area contributed by atoms with Crippen molar-refractivity contribution < 1.29 is 4.79 Å². The molecule has 0 bridgehead atoms. The molecule has 9 nitrogen and oxygen atoms in total. The minimum absolute atomic E-state index is 0.102. The molecule has 4 rings (SSSR count). The normalized spacial score (nSPS) is 20.9. The maximum atomic E-state index is 14.2. The lowest BCUT2D eigenvalue weighted by Crippen LogP contribution is -2.59. The second kappa shape index (κ2) is 12.6. The van der Waals surface area contributed by atoms with Crippen LogP contribution in [0.3, 0.4) is 0 Å². The number of rotatable bonds is 10. The largest absolute Gasteiger partial charge is 0.307 e. The molecule has 0 radical (unpaired) electrons. The Morgan fingerprint density at radius 1 is 0.806 bits per heavy atom. The van der Waals surface area contributed by atoms with Crippen molar-refractivity contribution in [3.63, 3.8) is 0 Å². The first kappa shape index (κ1) is 27.9. The molecule has 11 heteroatoms. The van der Waals surface area contributed by atoms with Crippen LogP contribution < -0.4 is 0 Å². The fourth-order valence-electron chi connectivity index (χ4n) is 5.64. The molecule has 200 valence electrons. The average Bonchev–Trinajstić information content (AvgIpc) is 3.49. The van der Waals surface area contributed by atoms with Crippen molar-refractivity contribution in [3.05, 3.63) is 33.7 Å². The van der Waals surface area contributed by atoms with E-state index in [1.54, 1.807) is 0 Å². The van der Waals surface area contributed by atoms with Gasteiger partial charge in [-0.25, -0.2) is 0 Å². The van der Waals surface area contributed by atoms with E-state index in [-0.39, 0.29) is 12.1 Å². The van der Waals surface area contributed by atoms with Gasteiger partial charge in [-0.3, -0.25) is 24.0 Å². The average molecular weight is 628 g/mol. The van der Waals surface area contributed by atoms with Crippen LogP contribution in [0.4, 0.5) is 0 Å². The summed E-state index contributed by atoms with van der Waals surface area (Å²) in [6, 6.07) is 0.577. The lowest BCUT2D eigenvalue weighted by atomic mass is 9.95. The minimum Gasteiger partial charge on any atom is -0.307 e. The van der Waals surface area contributed by atoms with Gasteiger partial charge in [-0.05, 0) is 85.7 Å². The third-order valence-corrected chi connectivity index (χ3v) is 8.32. The highest BCUT2D eigenvalue weighted by Gasteiger charge is 2.38. The van der Waals surface area contributed by atoms with Crippen molar-refractivity contribution in [2.45, 2.75) is 49.9 Å². The van der Waals surface area contributed by atoms with Crippen molar-refractivity contribution in [3.8, 4) is 0 Å². The third kappa shape index (κ3) is 7.05. The first-order chi connectivity index (χ1) is 17.2. The molecular weight excluding hydrogens is 588 g/mol. The Labute approximate surface area is 232 Å². The van der Waals surface area contributed by atoms with Gasteiger partial charge < -0.3 is 9.80 Å². The van der Waals surface area contributed by atoms with Gasteiger partial charge in [0.2, 0.25) is 0 Å². The highest BCUT2D eigenvalue weighted by molar-refractivity contribution is 9.10. The number of aromatic nitrogens is 4. The van der Waals surface area contributed by atoms with Crippen LogP contribution in [0.15, 0.2) is 33.7 Å². The maximum absolute atomic E-state index is 14.2. The minimum atomic E-state index is -0.102. The molecule has 0 amide bonds. The Kier molecular flexibility index (Phi) is 9.79. The molecule has 36 heavy (non-hydrogen) atoms. The van der Waals surface area contributed by atoms with Gasteiger partial charge in [0, 0.05) is 51.7 Å². The lowest BCUT2D eigenvalue weighted by Gasteiger charge is -2.43. The molecule has 0 spiro atoms. The summed E-state index contributed by atoms with van der Waals surface area (Å²) < 4.78 is 6.17. The first-order valence-corrected chi connectivity index (χ1v) is 14.5. The summed E-state index contributed by atoms with van der Waals surface area (Å²) in [5, 5.41) is 9.00. The number of carbonyl (C=O) groups is 1. The highest BCUT2D eigenvalue weighted by atomic mass is 79.9. The summed E-state index contributed by atoms with van der Waals surface area (Å²) in [6.07, 6.45) is 11.9. The van der Waals surface area contributed by atoms with Crippen LogP contribution in [-0.2, 0) is 4.79 Å². The number of hydrogen-bond donors (Lipinski definition) is 0. The molecule has 0 saturated carbocycles. The van der Waals surface area contributed by atoms with Gasteiger partial charge in [0.05, 0.1) is 45.5 Å². The molecule has 2 atom stereocenters. The van der Waals surface area contributed by atoms with E-state index in [0.717, 1.165) is 73.9 Å². The number of piperidine rings is 2. The van der Waals surface area contributed by atoms with E-state index in [9.17, 15) is 4.79 Å². The van der Waals surface area contributed by atoms with Crippen LogP contribution in [0.2, 0.25) is 0 Å². The highest BCUT2D eigenvalue weighted by Crippen LogP contribution is 2.28. The lowest BCUT2D eigenvalue weighted by molar-refractivity contribution is -0.132. The van der Waals surface area contributed by atoms with Gasteiger partial charge >= 0.3 is 0 Å². The summed E-state index contributed by atoms with van der Waals surface area (Å²) in [4.78, 5) is 23.4. The number of ketones is 1. The van der Waals surface area contributed by atoms with Gasteiger partial charge in [-0.2, -0.15) is 10.2 Å². The third-order valence-electron chi connectivity index (χ3n) is 7.50. The van der Waals surface area contributed by atoms with Crippen LogP contribution >= 0.6 is 31.9 Å². The van der Waals surface area contributed by atoms with E-state index < -0.39 is 0 Å². The Hall–Kier alpha value is -1.11. The Morgan fingerprint density at radius 2 is 1.17 bits per heavy atom. The van der Waals surface area contributed by atoms with E-state index in [2.05, 4.69) is 112 Å². The first-order valence-electron chi connectivity index (χ1n) is 12.9. The SMILES string of the molecule is CN(C)CC(C(=O)C(CN(C)C)N1CCC(n2cc(Br)cn2)CC1)N1CCC(n2cc(Br)cn2)CC1. The Balaban J connectivity index is 1.43. The summed E-state index contributed by atoms with van der Waals surface area (Å²) >= 11 is 7.02. The Bertz CT molecular complexity index is 900. The van der Waals surface area contributed by atoms with Crippen LogP contribution in [0.5, 0.6) is 0 Å². The van der Waals surface area contributed by atoms with Crippen LogP contribution in [0.25, 0.3) is 0 Å². The molecule has 2 aromatic heterocycles. The fraction of sp³-hybridized carbons (Fsp3) is 0.720. The molecule has 2 fully saturated rings. The van der Waals surface area contributed by atoms with Gasteiger partial charge in [0.1, 0.15) is 0 Å². The predicted molar refractivity (Wildman–Crippen MR) is 149 cm³/mol. The summed E-state index contributed by atoms with van der Waals surface area (Å²) in [5.41, 5.74) is 0. The summed E-state index contributed by atoms with van der Waals surface area (Å²) in [6.45, 7) is 5.15. The van der Waals surface area contributed by atoms with Crippen LogP contribution in [0.1, 0.15) is 37.8 Å². The van der Waals surface area contributed by atoms with Crippen molar-refractivity contribution >= 4 is 37.6 Å². The number of Topliss-reactive ketones (excluding diaryl/α,β-unsaturated/α-hetero) is 1. The second-order valence-corrected chi connectivity index (χ2v) is 12.6. The molecule has 2 saturated heterocycles.